The molecule has 146 valence electrons. The normalized spacial score (nSPS) is 10.7. The Morgan fingerprint density at radius 3 is 2.82 bits per heavy atom. The van der Waals surface area contributed by atoms with E-state index in [4.69, 9.17) is 0 Å². The molecule has 3 rings (SSSR count). The number of hydrogen-bond donors (Lipinski definition) is 3. The average molecular weight is 380 g/mol. The number of carbonyl (C=O) groups excluding carboxylic acids is 2. The second kappa shape index (κ2) is 8.51. The van der Waals surface area contributed by atoms with Gasteiger partial charge in [-0.3, -0.25) is 9.69 Å². The van der Waals surface area contributed by atoms with Crippen LogP contribution in [-0.2, 0) is 0 Å². The van der Waals surface area contributed by atoms with Crippen molar-refractivity contribution in [3.05, 3.63) is 47.9 Å². The van der Waals surface area contributed by atoms with Crippen LogP contribution in [0.4, 0.5) is 16.3 Å². The van der Waals surface area contributed by atoms with E-state index < -0.39 is 0 Å². The first-order valence-corrected chi connectivity index (χ1v) is 9.23. The molecule has 28 heavy (non-hydrogen) atoms. The van der Waals surface area contributed by atoms with E-state index in [0.29, 0.717) is 29.3 Å². The number of nitrogens with zero attached hydrogens (tertiary/aromatic N) is 3. The third-order valence-electron chi connectivity index (χ3n) is 4.51. The zero-order valence-electron chi connectivity index (χ0n) is 16.2. The Balaban J connectivity index is 1.77. The zero-order chi connectivity index (χ0) is 20.1. The van der Waals surface area contributed by atoms with E-state index in [9.17, 15) is 9.59 Å². The van der Waals surface area contributed by atoms with Gasteiger partial charge in [-0.1, -0.05) is 19.4 Å². The number of aryl methyl sites for hydroxylation is 1. The van der Waals surface area contributed by atoms with Gasteiger partial charge in [-0.25, -0.2) is 14.8 Å². The molecule has 2 aromatic heterocycles. The van der Waals surface area contributed by atoms with Gasteiger partial charge in [-0.05, 0) is 37.1 Å². The van der Waals surface area contributed by atoms with Gasteiger partial charge in [0.05, 0.1) is 5.39 Å². The number of nitrogens with one attached hydrogen (secondary N) is 3. The van der Waals surface area contributed by atoms with Gasteiger partial charge in [0.2, 0.25) is 0 Å². The lowest BCUT2D eigenvalue weighted by molar-refractivity contribution is 0.0953. The summed E-state index contributed by atoms with van der Waals surface area (Å²) in [5.41, 5.74) is 2.61. The number of rotatable bonds is 6. The van der Waals surface area contributed by atoms with Gasteiger partial charge in [-0.2, -0.15) is 0 Å². The topological polar surface area (TPSA) is 103 Å². The second-order valence-electron chi connectivity index (χ2n) is 6.57. The highest BCUT2D eigenvalue weighted by molar-refractivity contribution is 6.06. The quantitative estimate of drug-likeness (QED) is 0.570. The number of anilines is 2. The van der Waals surface area contributed by atoms with E-state index in [-0.39, 0.29) is 11.9 Å². The predicted molar refractivity (Wildman–Crippen MR) is 110 cm³/mol. The number of aromatic amines is 1. The summed E-state index contributed by atoms with van der Waals surface area (Å²) in [6, 6.07) is 6.73. The van der Waals surface area contributed by atoms with E-state index in [1.54, 1.807) is 25.4 Å². The van der Waals surface area contributed by atoms with Crippen LogP contribution in [0, 0.1) is 6.92 Å². The molecule has 8 nitrogen and oxygen atoms in total. The maximum Gasteiger partial charge on any atom is 0.327 e. The summed E-state index contributed by atoms with van der Waals surface area (Å²) < 4.78 is 0. The van der Waals surface area contributed by atoms with E-state index >= 15 is 0 Å². The van der Waals surface area contributed by atoms with Gasteiger partial charge in [0, 0.05) is 31.0 Å². The van der Waals surface area contributed by atoms with Crippen molar-refractivity contribution in [3.8, 4) is 0 Å². The molecule has 0 aliphatic rings. The Kier molecular flexibility index (Phi) is 5.88. The van der Waals surface area contributed by atoms with Crippen LogP contribution in [0.1, 0.15) is 35.7 Å². The highest BCUT2D eigenvalue weighted by atomic mass is 16.2. The number of fused-ring (bicyclic) bond motifs is 1. The fourth-order valence-corrected chi connectivity index (χ4v) is 2.80. The Morgan fingerprint density at radius 2 is 2.04 bits per heavy atom. The van der Waals surface area contributed by atoms with Crippen LogP contribution in [0.5, 0.6) is 0 Å². The van der Waals surface area contributed by atoms with Gasteiger partial charge in [-0.15, -0.1) is 0 Å². The number of unbranched alkanes of at least 4 members (excludes halogenated alkanes) is 1. The lowest BCUT2D eigenvalue weighted by Crippen LogP contribution is -2.32. The van der Waals surface area contributed by atoms with Crippen molar-refractivity contribution < 1.29 is 9.59 Å². The standard InChI is InChI=1S/C20H24N6O2/c1-4-5-9-22-19(27)14-7-6-13(2)16(11-14)25-20(28)26(3)18-15-8-10-21-17(15)23-12-24-18/h6-8,10-12H,4-5,9H2,1-3H3,(H,22,27)(H,25,28)(H,21,23,24). The summed E-state index contributed by atoms with van der Waals surface area (Å²) in [5.74, 6) is 0.344. The molecular weight excluding hydrogens is 356 g/mol. The van der Waals surface area contributed by atoms with Crippen molar-refractivity contribution in [2.45, 2.75) is 26.7 Å². The van der Waals surface area contributed by atoms with Crippen LogP contribution < -0.4 is 15.5 Å². The number of aromatic nitrogens is 3. The number of H-pyrrole nitrogens is 1. The van der Waals surface area contributed by atoms with E-state index in [1.807, 2.05) is 19.1 Å². The molecule has 0 saturated heterocycles. The summed E-state index contributed by atoms with van der Waals surface area (Å²) in [5, 5.41) is 6.50. The molecule has 0 unspecified atom stereocenters. The fourth-order valence-electron chi connectivity index (χ4n) is 2.80. The second-order valence-corrected chi connectivity index (χ2v) is 6.57. The number of amides is 3. The predicted octanol–water partition coefficient (Wildman–Crippen LogP) is 3.46. The summed E-state index contributed by atoms with van der Waals surface area (Å²) >= 11 is 0. The van der Waals surface area contributed by atoms with E-state index in [1.165, 1.54) is 11.2 Å². The third-order valence-corrected chi connectivity index (χ3v) is 4.51. The van der Waals surface area contributed by atoms with Crippen LogP contribution in [0.2, 0.25) is 0 Å². The molecule has 0 aliphatic carbocycles. The Hall–Kier alpha value is -3.42. The fraction of sp³-hybridized carbons (Fsp3) is 0.300. The average Bonchev–Trinajstić information content (AvgIpc) is 3.18. The molecule has 0 atom stereocenters. The number of carbonyl (C=O) groups is 2. The molecule has 0 aliphatic heterocycles. The Morgan fingerprint density at radius 1 is 1.21 bits per heavy atom. The Labute approximate surface area is 163 Å². The minimum atomic E-state index is -0.354. The molecule has 0 radical (unpaired) electrons. The first-order valence-electron chi connectivity index (χ1n) is 9.23. The number of hydrogen-bond acceptors (Lipinski definition) is 4. The lowest BCUT2D eigenvalue weighted by atomic mass is 10.1. The molecule has 0 spiro atoms. The molecule has 1 aromatic carbocycles. The van der Waals surface area contributed by atoms with E-state index in [0.717, 1.165) is 23.8 Å². The maximum atomic E-state index is 12.8. The molecule has 2 heterocycles. The van der Waals surface area contributed by atoms with Crippen LogP contribution in [0.25, 0.3) is 11.0 Å². The van der Waals surface area contributed by atoms with Gasteiger partial charge >= 0.3 is 6.03 Å². The monoisotopic (exact) mass is 380 g/mol. The van der Waals surface area contributed by atoms with Crippen molar-refractivity contribution in [3.63, 3.8) is 0 Å². The van der Waals surface area contributed by atoms with Gasteiger partial charge < -0.3 is 15.6 Å². The highest BCUT2D eigenvalue weighted by Gasteiger charge is 2.17. The molecule has 8 heteroatoms. The number of benzene rings is 1. The largest absolute Gasteiger partial charge is 0.352 e. The van der Waals surface area contributed by atoms with Crippen molar-refractivity contribution in [2.24, 2.45) is 0 Å². The molecule has 0 fully saturated rings. The highest BCUT2D eigenvalue weighted by Crippen LogP contribution is 2.23. The van der Waals surface area contributed by atoms with Crippen LogP contribution in [-0.4, -0.2) is 40.5 Å². The first kappa shape index (κ1) is 19.3. The first-order chi connectivity index (χ1) is 13.5. The van der Waals surface area contributed by atoms with Crippen molar-refractivity contribution in [2.75, 3.05) is 23.8 Å². The lowest BCUT2D eigenvalue weighted by Gasteiger charge is -2.19. The summed E-state index contributed by atoms with van der Waals surface area (Å²) in [4.78, 5) is 37.8. The molecule has 3 amide bonds. The maximum absolute atomic E-state index is 12.8. The smallest absolute Gasteiger partial charge is 0.327 e. The molecule has 0 bridgehead atoms. The van der Waals surface area contributed by atoms with Crippen molar-refractivity contribution in [1.29, 1.82) is 0 Å². The molecule has 0 saturated carbocycles. The molecule has 3 N–H and O–H groups in total. The molecule has 3 aromatic rings. The minimum Gasteiger partial charge on any atom is -0.352 e. The van der Waals surface area contributed by atoms with E-state index in [2.05, 4.69) is 32.5 Å². The van der Waals surface area contributed by atoms with Crippen LogP contribution in [0.15, 0.2) is 36.8 Å². The summed E-state index contributed by atoms with van der Waals surface area (Å²) in [6.07, 6.45) is 5.10. The van der Waals surface area contributed by atoms with Gasteiger partial charge in [0.25, 0.3) is 5.91 Å². The molecular formula is C20H24N6O2. The van der Waals surface area contributed by atoms with Gasteiger partial charge in [0.15, 0.2) is 0 Å². The zero-order valence-corrected chi connectivity index (χ0v) is 16.2. The van der Waals surface area contributed by atoms with Crippen molar-refractivity contribution >= 4 is 34.5 Å². The third kappa shape index (κ3) is 4.11. The minimum absolute atomic E-state index is 0.151. The Bertz CT molecular complexity index is 997. The summed E-state index contributed by atoms with van der Waals surface area (Å²) in [6.45, 7) is 4.58. The van der Waals surface area contributed by atoms with Crippen molar-refractivity contribution in [1.82, 2.24) is 20.3 Å². The van der Waals surface area contributed by atoms with Crippen LogP contribution >= 0.6 is 0 Å². The SMILES string of the molecule is CCCCNC(=O)c1ccc(C)c(NC(=O)N(C)c2ncnc3[nH]ccc23)c1. The summed E-state index contributed by atoms with van der Waals surface area (Å²) in [7, 11) is 1.64. The van der Waals surface area contributed by atoms with Gasteiger partial charge in [0.1, 0.15) is 17.8 Å². The number of urea groups is 1. The van der Waals surface area contributed by atoms with Crippen LogP contribution in [0.3, 0.4) is 0 Å².